The Hall–Kier alpha value is -2.16. The average Bonchev–Trinajstić information content (AvgIpc) is 2.54. The second kappa shape index (κ2) is 7.74. The van der Waals surface area contributed by atoms with Crippen LogP contribution >= 0.6 is 0 Å². The van der Waals surface area contributed by atoms with Gasteiger partial charge in [-0.3, -0.25) is 0 Å². The molecule has 0 spiro atoms. The zero-order valence-corrected chi connectivity index (χ0v) is 13.9. The first-order chi connectivity index (χ1) is 10.7. The van der Waals surface area contributed by atoms with Gasteiger partial charge in [0, 0.05) is 12.2 Å². The summed E-state index contributed by atoms with van der Waals surface area (Å²) in [6.45, 7) is 7.82. The van der Waals surface area contributed by atoms with Gasteiger partial charge in [-0.2, -0.15) is 0 Å². The first-order valence-corrected chi connectivity index (χ1v) is 7.75. The number of rotatable bonds is 7. The molecule has 22 heavy (non-hydrogen) atoms. The molecule has 0 fully saturated rings. The van der Waals surface area contributed by atoms with Crippen molar-refractivity contribution in [2.45, 2.75) is 33.7 Å². The molecule has 0 bridgehead atoms. The lowest BCUT2D eigenvalue weighted by atomic mass is 10.1. The van der Waals surface area contributed by atoms with Crippen LogP contribution in [-0.2, 0) is 6.54 Å². The van der Waals surface area contributed by atoms with Crippen molar-refractivity contribution in [3.05, 3.63) is 53.1 Å². The predicted octanol–water partition coefficient (Wildman–Crippen LogP) is 4.71. The van der Waals surface area contributed by atoms with Gasteiger partial charge in [-0.05, 0) is 55.2 Å². The van der Waals surface area contributed by atoms with E-state index < -0.39 is 0 Å². The maximum atomic E-state index is 5.76. The van der Waals surface area contributed by atoms with Gasteiger partial charge < -0.3 is 14.8 Å². The molecule has 3 heteroatoms. The largest absolute Gasteiger partial charge is 0.493 e. The van der Waals surface area contributed by atoms with Crippen LogP contribution in [-0.4, -0.2) is 13.7 Å². The van der Waals surface area contributed by atoms with Crippen LogP contribution in [0.1, 0.15) is 30.0 Å². The van der Waals surface area contributed by atoms with Crippen molar-refractivity contribution in [2.75, 3.05) is 19.0 Å². The van der Waals surface area contributed by atoms with Crippen molar-refractivity contribution in [1.29, 1.82) is 0 Å². The molecule has 0 aliphatic rings. The topological polar surface area (TPSA) is 30.5 Å². The summed E-state index contributed by atoms with van der Waals surface area (Å²) < 4.78 is 11.1. The predicted molar refractivity (Wildman–Crippen MR) is 92.0 cm³/mol. The molecule has 118 valence electrons. The van der Waals surface area contributed by atoms with E-state index in [0.717, 1.165) is 24.5 Å². The highest BCUT2D eigenvalue weighted by Crippen LogP contribution is 2.29. The fourth-order valence-corrected chi connectivity index (χ4v) is 2.30. The molecule has 2 aromatic rings. The van der Waals surface area contributed by atoms with Crippen LogP contribution in [0.4, 0.5) is 5.69 Å². The number of nitrogens with one attached hydrogen (secondary N) is 1. The summed E-state index contributed by atoms with van der Waals surface area (Å²) in [6, 6.07) is 12.4. The van der Waals surface area contributed by atoms with Crippen LogP contribution in [0.2, 0.25) is 0 Å². The molecule has 0 amide bonds. The number of benzene rings is 2. The number of ether oxygens (including phenoxy) is 2. The van der Waals surface area contributed by atoms with Crippen LogP contribution in [0, 0.1) is 13.8 Å². The van der Waals surface area contributed by atoms with Gasteiger partial charge in [-0.15, -0.1) is 0 Å². The summed E-state index contributed by atoms with van der Waals surface area (Å²) in [4.78, 5) is 0. The van der Waals surface area contributed by atoms with E-state index in [4.69, 9.17) is 9.47 Å². The van der Waals surface area contributed by atoms with E-state index in [1.165, 1.54) is 22.4 Å². The van der Waals surface area contributed by atoms with Crippen LogP contribution in [0.15, 0.2) is 36.4 Å². The summed E-state index contributed by atoms with van der Waals surface area (Å²) >= 11 is 0. The van der Waals surface area contributed by atoms with E-state index in [-0.39, 0.29) is 0 Å². The summed E-state index contributed by atoms with van der Waals surface area (Å²) in [5.74, 6) is 1.59. The Balaban J connectivity index is 2.11. The molecule has 0 saturated carbocycles. The summed E-state index contributed by atoms with van der Waals surface area (Å²) in [7, 11) is 1.67. The lowest BCUT2D eigenvalue weighted by molar-refractivity contribution is 0.294. The number of anilines is 1. The molecule has 2 aromatic carbocycles. The second-order valence-corrected chi connectivity index (χ2v) is 5.43. The Bertz CT molecular complexity index is 623. The minimum Gasteiger partial charge on any atom is -0.493 e. The highest BCUT2D eigenvalue weighted by atomic mass is 16.5. The van der Waals surface area contributed by atoms with Crippen molar-refractivity contribution in [3.63, 3.8) is 0 Å². The summed E-state index contributed by atoms with van der Waals surface area (Å²) in [6.07, 6.45) is 0.980. The Morgan fingerprint density at radius 1 is 1.05 bits per heavy atom. The molecular weight excluding hydrogens is 274 g/mol. The van der Waals surface area contributed by atoms with Crippen molar-refractivity contribution in [3.8, 4) is 11.5 Å². The molecule has 3 nitrogen and oxygen atoms in total. The van der Waals surface area contributed by atoms with E-state index in [9.17, 15) is 0 Å². The Morgan fingerprint density at radius 2 is 1.86 bits per heavy atom. The monoisotopic (exact) mass is 299 g/mol. The van der Waals surface area contributed by atoms with Crippen LogP contribution in [0.25, 0.3) is 0 Å². The van der Waals surface area contributed by atoms with Gasteiger partial charge in [0.2, 0.25) is 0 Å². The molecule has 0 aromatic heterocycles. The van der Waals surface area contributed by atoms with Gasteiger partial charge in [0.1, 0.15) is 0 Å². The van der Waals surface area contributed by atoms with Crippen molar-refractivity contribution in [2.24, 2.45) is 0 Å². The van der Waals surface area contributed by atoms with Crippen LogP contribution in [0.3, 0.4) is 0 Å². The minimum absolute atomic E-state index is 0.699. The zero-order chi connectivity index (χ0) is 15.9. The van der Waals surface area contributed by atoms with E-state index in [2.05, 4.69) is 50.4 Å². The summed E-state index contributed by atoms with van der Waals surface area (Å²) in [5, 5.41) is 3.49. The lowest BCUT2D eigenvalue weighted by Gasteiger charge is -2.14. The molecule has 0 heterocycles. The smallest absolute Gasteiger partial charge is 0.161 e. The molecule has 0 saturated heterocycles. The van der Waals surface area contributed by atoms with Gasteiger partial charge in [-0.25, -0.2) is 0 Å². The molecule has 1 N–H and O–H groups in total. The van der Waals surface area contributed by atoms with Gasteiger partial charge >= 0.3 is 0 Å². The zero-order valence-electron chi connectivity index (χ0n) is 13.9. The third-order valence-corrected chi connectivity index (χ3v) is 3.78. The molecule has 0 atom stereocenters. The maximum Gasteiger partial charge on any atom is 0.161 e. The van der Waals surface area contributed by atoms with E-state index >= 15 is 0 Å². The SMILES string of the molecule is CCCOc1cc(CNc2cccc(C)c2C)ccc1OC. The van der Waals surface area contributed by atoms with Gasteiger partial charge in [0.15, 0.2) is 11.5 Å². The van der Waals surface area contributed by atoms with Gasteiger partial charge in [0.05, 0.1) is 13.7 Å². The van der Waals surface area contributed by atoms with E-state index in [0.29, 0.717) is 6.61 Å². The van der Waals surface area contributed by atoms with Crippen LogP contribution < -0.4 is 14.8 Å². The Kier molecular flexibility index (Phi) is 5.70. The molecule has 2 rings (SSSR count). The maximum absolute atomic E-state index is 5.76. The normalized spacial score (nSPS) is 10.4. The van der Waals surface area contributed by atoms with E-state index in [1.807, 2.05) is 12.1 Å². The van der Waals surface area contributed by atoms with E-state index in [1.54, 1.807) is 7.11 Å². The number of hydrogen-bond acceptors (Lipinski definition) is 3. The van der Waals surface area contributed by atoms with Gasteiger partial charge in [0.25, 0.3) is 0 Å². The number of aryl methyl sites for hydroxylation is 1. The third-order valence-electron chi connectivity index (χ3n) is 3.78. The standard InChI is InChI=1S/C19H25NO2/c1-5-11-22-19-12-16(9-10-18(19)21-4)13-20-17-8-6-7-14(2)15(17)3/h6-10,12,20H,5,11,13H2,1-4H3. The van der Waals surface area contributed by atoms with Crippen LogP contribution in [0.5, 0.6) is 11.5 Å². The van der Waals surface area contributed by atoms with Crippen molar-refractivity contribution < 1.29 is 9.47 Å². The number of hydrogen-bond donors (Lipinski definition) is 1. The van der Waals surface area contributed by atoms with Gasteiger partial charge in [-0.1, -0.05) is 25.1 Å². The average molecular weight is 299 g/mol. The highest BCUT2D eigenvalue weighted by molar-refractivity contribution is 5.54. The Labute approximate surface area is 133 Å². The quantitative estimate of drug-likeness (QED) is 0.803. The lowest BCUT2D eigenvalue weighted by Crippen LogP contribution is -2.03. The fraction of sp³-hybridized carbons (Fsp3) is 0.368. The molecule has 0 radical (unpaired) electrons. The van der Waals surface area contributed by atoms with Crippen molar-refractivity contribution >= 4 is 5.69 Å². The number of methoxy groups -OCH3 is 1. The summed E-state index contributed by atoms with van der Waals surface area (Å²) in [5.41, 5.74) is 4.94. The molecule has 0 aliphatic heterocycles. The molecule has 0 unspecified atom stereocenters. The fourth-order valence-electron chi connectivity index (χ4n) is 2.30. The highest BCUT2D eigenvalue weighted by Gasteiger charge is 2.06. The first kappa shape index (κ1) is 16.2. The molecule has 0 aliphatic carbocycles. The van der Waals surface area contributed by atoms with Crippen molar-refractivity contribution in [1.82, 2.24) is 0 Å². The molecular formula is C19H25NO2. The minimum atomic E-state index is 0.699. The second-order valence-electron chi connectivity index (χ2n) is 5.43. The third kappa shape index (κ3) is 3.94. The Morgan fingerprint density at radius 3 is 2.59 bits per heavy atom. The first-order valence-electron chi connectivity index (χ1n) is 7.75.